The Morgan fingerprint density at radius 1 is 1.06 bits per heavy atom. The molecule has 7 heteroatoms. The van der Waals surface area contributed by atoms with Gasteiger partial charge in [-0.2, -0.15) is 0 Å². The Bertz CT molecular complexity index is 858. The molecule has 0 bridgehead atoms. The van der Waals surface area contributed by atoms with E-state index in [4.69, 9.17) is 18.6 Å². The summed E-state index contributed by atoms with van der Waals surface area (Å²) in [5.41, 5.74) is 5.32. The molecule has 4 atom stereocenters. The third-order valence-corrected chi connectivity index (χ3v) is 12.5. The van der Waals surface area contributed by atoms with E-state index in [2.05, 4.69) is 105 Å². The predicted octanol–water partition coefficient (Wildman–Crippen LogP) is 9.18. The Morgan fingerprint density at radius 2 is 1.63 bits per heavy atom. The van der Waals surface area contributed by atoms with Crippen molar-refractivity contribution in [2.45, 2.75) is 65.1 Å². The van der Waals surface area contributed by atoms with E-state index in [-0.39, 0.29) is 12.8 Å². The van der Waals surface area contributed by atoms with E-state index < -0.39 is 25.3 Å². The molecule has 3 aliphatic rings. The van der Waals surface area contributed by atoms with Crippen molar-refractivity contribution >= 4 is 32.4 Å². The van der Waals surface area contributed by atoms with Crippen LogP contribution in [0.4, 0.5) is 0 Å². The second-order valence-electron chi connectivity index (χ2n) is 11.8. The van der Waals surface area contributed by atoms with Crippen LogP contribution in [0, 0.1) is 31.1 Å². The predicted molar refractivity (Wildman–Crippen MR) is 155 cm³/mol. The zero-order valence-electron chi connectivity index (χ0n) is 22.9. The SMILES string of the molecule is CC(C)C1CC2C(c3ccc(C(C)(C)C)cc3)=CC=CC2C1[Si](C)(C)N1C[N-]C[N-]C1.[CH3-].[Cl][Ti+4][Cl]. The van der Waals surface area contributed by atoms with Gasteiger partial charge in [0, 0.05) is 0 Å². The first-order chi connectivity index (χ1) is 16.0. The van der Waals surface area contributed by atoms with Crippen LogP contribution in [0.25, 0.3) is 16.2 Å². The number of nitrogens with zero attached hydrogens (tertiary/aromatic N) is 3. The molecule has 1 aromatic carbocycles. The summed E-state index contributed by atoms with van der Waals surface area (Å²) in [4.78, 5) is 0. The van der Waals surface area contributed by atoms with Gasteiger partial charge in [-0.25, -0.2) is 0 Å². The molecule has 0 aromatic heterocycles. The van der Waals surface area contributed by atoms with E-state index in [1.807, 2.05) is 0 Å². The molecule has 0 amide bonds. The number of allylic oxidation sites excluding steroid dienone is 4. The van der Waals surface area contributed by atoms with Gasteiger partial charge in [-0.3, -0.25) is 6.67 Å². The van der Waals surface area contributed by atoms with Crippen LogP contribution < -0.4 is 0 Å². The van der Waals surface area contributed by atoms with Crippen LogP contribution in [-0.2, 0) is 22.4 Å². The van der Waals surface area contributed by atoms with Crippen molar-refractivity contribution in [3.05, 3.63) is 71.7 Å². The Balaban J connectivity index is 0.00000103. The van der Waals surface area contributed by atoms with Crippen molar-refractivity contribution in [2.24, 2.45) is 23.7 Å². The Morgan fingerprint density at radius 3 is 2.14 bits per heavy atom. The fourth-order valence-electron chi connectivity index (χ4n) is 6.31. The summed E-state index contributed by atoms with van der Waals surface area (Å²) >= 11 is -0.556. The molecule has 0 radical (unpaired) electrons. The Kier molecular flexibility index (Phi) is 11.8. The van der Waals surface area contributed by atoms with Crippen molar-refractivity contribution < 1.29 is 17.0 Å². The summed E-state index contributed by atoms with van der Waals surface area (Å²) < 4.78 is 2.64. The first-order valence-electron chi connectivity index (χ1n) is 12.5. The van der Waals surface area contributed by atoms with E-state index in [0.717, 1.165) is 24.8 Å². The van der Waals surface area contributed by atoms with Gasteiger partial charge >= 0.3 is 35.6 Å². The molecular formula is C28H44Cl2N3SiTi+. The van der Waals surface area contributed by atoms with E-state index in [1.54, 1.807) is 5.57 Å². The molecule has 4 unspecified atom stereocenters. The first-order valence-corrected chi connectivity index (χ1v) is 19.8. The maximum absolute atomic E-state index is 4.89. The molecule has 35 heavy (non-hydrogen) atoms. The van der Waals surface area contributed by atoms with Gasteiger partial charge in [0.15, 0.2) is 0 Å². The number of fused-ring (bicyclic) bond motifs is 1. The monoisotopic (exact) mass is 568 g/mol. The van der Waals surface area contributed by atoms with Gasteiger partial charge in [0.2, 0.25) is 0 Å². The Hall–Kier alpha value is 0.0912. The second-order valence-corrected chi connectivity index (χ2v) is 19.0. The molecule has 4 rings (SSSR count). The molecule has 1 heterocycles. The van der Waals surface area contributed by atoms with Crippen molar-refractivity contribution in [2.75, 3.05) is 20.0 Å². The van der Waals surface area contributed by atoms with Crippen LogP contribution in [0.5, 0.6) is 0 Å². The third kappa shape index (κ3) is 7.15. The van der Waals surface area contributed by atoms with Crippen LogP contribution in [0.2, 0.25) is 18.6 Å². The van der Waals surface area contributed by atoms with E-state index in [9.17, 15) is 0 Å². The van der Waals surface area contributed by atoms with Crippen molar-refractivity contribution in [1.29, 1.82) is 0 Å². The minimum atomic E-state index is -1.70. The molecule has 1 saturated carbocycles. The standard InChI is InChI=1S/C27H41N3Si.CH3.2ClH.Ti/c1-19(2)24-15-25-22(20-11-13-21(14-12-20)27(3,4)5)9-8-10-23(25)26(24)31(6,7)30-17-28-16-29-18-30;;;;/h8-14,19,23-26H,15-18H2,1-7H3;1H3;2*1H;/q-2;-1;;;+6/p-2. The second kappa shape index (κ2) is 13.2. The van der Waals surface area contributed by atoms with E-state index in [1.165, 1.54) is 17.5 Å². The summed E-state index contributed by atoms with van der Waals surface area (Å²) in [7, 11) is 8.08. The zero-order chi connectivity index (χ0) is 25.1. The van der Waals surface area contributed by atoms with Gasteiger partial charge in [0.25, 0.3) is 0 Å². The molecule has 3 nitrogen and oxygen atoms in total. The summed E-state index contributed by atoms with van der Waals surface area (Å²) in [6.07, 6.45) is 8.59. The maximum atomic E-state index is 4.89. The average molecular weight is 570 g/mol. The minimum absolute atomic E-state index is 0. The number of rotatable bonds is 4. The van der Waals surface area contributed by atoms with Crippen LogP contribution in [0.1, 0.15) is 52.2 Å². The van der Waals surface area contributed by atoms with Gasteiger partial charge in [-0.15, -0.1) is 13.3 Å². The molecule has 2 aliphatic carbocycles. The molecule has 1 saturated heterocycles. The fourth-order valence-corrected chi connectivity index (χ4v) is 10.5. The average Bonchev–Trinajstić information content (AvgIpc) is 3.21. The number of hydrogen-bond donors (Lipinski definition) is 0. The van der Waals surface area contributed by atoms with Crippen LogP contribution in [0.3, 0.4) is 0 Å². The van der Waals surface area contributed by atoms with Gasteiger partial charge in [0.1, 0.15) is 8.24 Å². The normalized spacial score (nSPS) is 27.1. The van der Waals surface area contributed by atoms with Crippen molar-refractivity contribution in [3.8, 4) is 0 Å². The van der Waals surface area contributed by atoms with E-state index in [0.29, 0.717) is 24.4 Å². The van der Waals surface area contributed by atoms with Gasteiger partial charge in [-0.1, -0.05) is 90.2 Å². The topological polar surface area (TPSA) is 31.4 Å². The van der Waals surface area contributed by atoms with Gasteiger partial charge < -0.3 is 22.6 Å². The van der Waals surface area contributed by atoms with Crippen molar-refractivity contribution in [3.63, 3.8) is 0 Å². The summed E-state index contributed by atoms with van der Waals surface area (Å²) in [6.45, 7) is 19.4. The van der Waals surface area contributed by atoms with Gasteiger partial charge in [0.05, 0.1) is 0 Å². The Labute approximate surface area is 233 Å². The summed E-state index contributed by atoms with van der Waals surface area (Å²) in [5.74, 6) is 2.74. The number of benzene rings is 1. The van der Waals surface area contributed by atoms with Crippen LogP contribution in [-0.4, -0.2) is 32.8 Å². The van der Waals surface area contributed by atoms with Crippen molar-refractivity contribution in [1.82, 2.24) is 4.57 Å². The van der Waals surface area contributed by atoms with Crippen LogP contribution in [0.15, 0.2) is 42.5 Å². The first kappa shape index (κ1) is 31.3. The summed E-state index contributed by atoms with van der Waals surface area (Å²) in [6, 6.07) is 9.41. The zero-order valence-corrected chi connectivity index (χ0v) is 26.9. The molecule has 1 aliphatic heterocycles. The summed E-state index contributed by atoms with van der Waals surface area (Å²) in [5, 5.41) is 9.25. The molecule has 192 valence electrons. The quantitative estimate of drug-likeness (QED) is 0.263. The molecule has 0 spiro atoms. The molecule has 0 N–H and O–H groups in total. The fraction of sp³-hybridized carbons (Fsp3) is 0.607. The molecule has 2 fully saturated rings. The van der Waals surface area contributed by atoms with Gasteiger partial charge in [-0.05, 0) is 57.7 Å². The molecule has 1 aromatic rings. The third-order valence-electron chi connectivity index (χ3n) is 8.19. The van der Waals surface area contributed by atoms with Crippen LogP contribution >= 0.6 is 18.6 Å². The molecular weight excluding hydrogens is 525 g/mol. The number of halogens is 2. The van der Waals surface area contributed by atoms with E-state index >= 15 is 0 Å². The number of hydrogen-bond acceptors (Lipinski definition) is 1.